The summed E-state index contributed by atoms with van der Waals surface area (Å²) in [6.45, 7) is 4.71. The van der Waals surface area contributed by atoms with Crippen molar-refractivity contribution in [2.75, 3.05) is 33.0 Å². The number of likely N-dealkylation sites (tertiary alicyclic amines) is 1. The highest BCUT2D eigenvalue weighted by atomic mass is 32.2. The van der Waals surface area contributed by atoms with Gasteiger partial charge in [0.25, 0.3) is 0 Å². The number of rotatable bonds is 6. The van der Waals surface area contributed by atoms with Gasteiger partial charge in [-0.05, 0) is 39.6 Å². The molecule has 0 bridgehead atoms. The molecule has 1 aliphatic heterocycles. The normalized spacial score (nSPS) is 26.6. The first-order valence-electron chi connectivity index (χ1n) is 6.26. The van der Waals surface area contributed by atoms with E-state index in [9.17, 15) is 5.11 Å². The van der Waals surface area contributed by atoms with Crippen LogP contribution in [0, 0.1) is 0 Å². The molecule has 16 heavy (non-hydrogen) atoms. The van der Waals surface area contributed by atoms with Crippen LogP contribution in [-0.4, -0.2) is 60.3 Å². The quantitative estimate of drug-likeness (QED) is 0.737. The second kappa shape index (κ2) is 7.54. The number of aliphatic hydroxyl groups excluding tert-OH is 1. The van der Waals surface area contributed by atoms with Crippen molar-refractivity contribution in [3.8, 4) is 0 Å². The van der Waals surface area contributed by atoms with Crippen molar-refractivity contribution in [1.82, 2.24) is 10.2 Å². The Hall–Kier alpha value is 0.230. The Bertz CT molecular complexity index is 188. The second-order valence-electron chi connectivity index (χ2n) is 4.78. The molecule has 0 aliphatic carbocycles. The summed E-state index contributed by atoms with van der Waals surface area (Å²) in [5.74, 6) is 0. The summed E-state index contributed by atoms with van der Waals surface area (Å²) >= 11 is 1.74. The number of nitrogens with one attached hydrogen (secondary N) is 1. The van der Waals surface area contributed by atoms with Crippen molar-refractivity contribution in [2.24, 2.45) is 0 Å². The summed E-state index contributed by atoms with van der Waals surface area (Å²) in [6.07, 6.45) is 6.06. The fourth-order valence-corrected chi connectivity index (χ4v) is 2.95. The van der Waals surface area contributed by atoms with Gasteiger partial charge in [-0.2, -0.15) is 11.8 Å². The maximum Gasteiger partial charge on any atom is 0.0564 e. The zero-order valence-corrected chi connectivity index (χ0v) is 11.6. The molecule has 4 heteroatoms. The summed E-state index contributed by atoms with van der Waals surface area (Å²) in [5, 5.41) is 13.1. The third kappa shape index (κ3) is 4.24. The van der Waals surface area contributed by atoms with Gasteiger partial charge >= 0.3 is 0 Å². The number of piperidine rings is 1. The first kappa shape index (κ1) is 14.3. The van der Waals surface area contributed by atoms with E-state index in [1.165, 1.54) is 25.8 Å². The van der Waals surface area contributed by atoms with E-state index in [1.54, 1.807) is 11.8 Å². The van der Waals surface area contributed by atoms with Crippen LogP contribution in [0.5, 0.6) is 0 Å². The van der Waals surface area contributed by atoms with Gasteiger partial charge in [0.15, 0.2) is 0 Å². The Morgan fingerprint density at radius 3 is 2.81 bits per heavy atom. The van der Waals surface area contributed by atoms with Crippen LogP contribution in [0.25, 0.3) is 0 Å². The number of nitrogens with zero attached hydrogens (tertiary/aromatic N) is 1. The molecular formula is C12H26N2OS. The lowest BCUT2D eigenvalue weighted by atomic mass is 10.0. The van der Waals surface area contributed by atoms with Crippen LogP contribution in [0.2, 0.25) is 0 Å². The molecule has 1 saturated heterocycles. The predicted molar refractivity (Wildman–Crippen MR) is 72.1 cm³/mol. The number of hydrogen-bond donors (Lipinski definition) is 2. The predicted octanol–water partition coefficient (Wildman–Crippen LogP) is 1.17. The molecule has 0 spiro atoms. The van der Waals surface area contributed by atoms with Gasteiger partial charge in [-0.25, -0.2) is 0 Å². The van der Waals surface area contributed by atoms with Crippen molar-refractivity contribution in [1.29, 1.82) is 0 Å². The fraction of sp³-hybridized carbons (Fsp3) is 1.00. The van der Waals surface area contributed by atoms with Crippen molar-refractivity contribution >= 4 is 11.8 Å². The minimum absolute atomic E-state index is 0.260. The molecule has 2 N–H and O–H groups in total. The molecule has 3 atom stereocenters. The van der Waals surface area contributed by atoms with Gasteiger partial charge in [0.05, 0.1) is 6.61 Å². The average molecular weight is 246 g/mol. The standard InChI is InChI=1S/C12H26N2OS/c1-10(12(9-15)16-3)13-8-11-6-4-5-7-14(11)2/h10-13,15H,4-9H2,1-3H3. The molecule has 0 aromatic carbocycles. The van der Waals surface area contributed by atoms with Crippen LogP contribution in [0.15, 0.2) is 0 Å². The van der Waals surface area contributed by atoms with E-state index in [4.69, 9.17) is 0 Å². The summed E-state index contributed by atoms with van der Waals surface area (Å²) < 4.78 is 0. The molecule has 1 rings (SSSR count). The van der Waals surface area contributed by atoms with E-state index in [-0.39, 0.29) is 6.61 Å². The lowest BCUT2D eigenvalue weighted by Crippen LogP contribution is -2.47. The van der Waals surface area contributed by atoms with Gasteiger partial charge in [-0.3, -0.25) is 0 Å². The molecule has 96 valence electrons. The molecule has 3 nitrogen and oxygen atoms in total. The molecule has 1 fully saturated rings. The first-order chi connectivity index (χ1) is 7.69. The van der Waals surface area contributed by atoms with Crippen LogP contribution < -0.4 is 5.32 Å². The third-order valence-electron chi connectivity index (χ3n) is 3.64. The van der Waals surface area contributed by atoms with Crippen LogP contribution in [0.3, 0.4) is 0 Å². The van der Waals surface area contributed by atoms with E-state index >= 15 is 0 Å². The molecule has 3 unspecified atom stereocenters. The van der Waals surface area contributed by atoms with Crippen LogP contribution in [0.4, 0.5) is 0 Å². The molecule has 0 saturated carbocycles. The minimum atomic E-state index is 0.260. The van der Waals surface area contributed by atoms with Crippen LogP contribution in [0.1, 0.15) is 26.2 Å². The lowest BCUT2D eigenvalue weighted by molar-refractivity contribution is 0.176. The highest BCUT2D eigenvalue weighted by molar-refractivity contribution is 7.99. The number of aliphatic hydroxyl groups is 1. The van der Waals surface area contributed by atoms with Crippen LogP contribution >= 0.6 is 11.8 Å². The van der Waals surface area contributed by atoms with Crippen molar-refractivity contribution < 1.29 is 5.11 Å². The fourth-order valence-electron chi connectivity index (χ4n) is 2.29. The van der Waals surface area contributed by atoms with Gasteiger partial charge in [-0.1, -0.05) is 6.42 Å². The van der Waals surface area contributed by atoms with E-state index < -0.39 is 0 Å². The number of thioether (sulfide) groups is 1. The van der Waals surface area contributed by atoms with E-state index in [1.807, 2.05) is 0 Å². The second-order valence-corrected chi connectivity index (χ2v) is 5.86. The first-order valence-corrected chi connectivity index (χ1v) is 7.55. The van der Waals surface area contributed by atoms with Gasteiger partial charge in [-0.15, -0.1) is 0 Å². The molecule has 1 heterocycles. The summed E-state index contributed by atoms with van der Waals surface area (Å²) in [7, 11) is 2.22. The minimum Gasteiger partial charge on any atom is -0.395 e. The highest BCUT2D eigenvalue weighted by Gasteiger charge is 2.21. The highest BCUT2D eigenvalue weighted by Crippen LogP contribution is 2.15. The van der Waals surface area contributed by atoms with Crippen molar-refractivity contribution in [3.63, 3.8) is 0 Å². The molecular weight excluding hydrogens is 220 g/mol. The molecule has 1 aliphatic rings. The van der Waals surface area contributed by atoms with Gasteiger partial charge in [0.1, 0.15) is 0 Å². The maximum atomic E-state index is 9.21. The summed E-state index contributed by atoms with van der Waals surface area (Å²) in [6, 6.07) is 1.06. The van der Waals surface area contributed by atoms with E-state index in [2.05, 4.69) is 30.4 Å². The molecule has 0 aromatic heterocycles. The summed E-state index contributed by atoms with van der Waals surface area (Å²) in [4.78, 5) is 2.45. The summed E-state index contributed by atoms with van der Waals surface area (Å²) in [5.41, 5.74) is 0. The zero-order chi connectivity index (χ0) is 12.0. The smallest absolute Gasteiger partial charge is 0.0564 e. The Labute approximate surface area is 104 Å². The lowest BCUT2D eigenvalue weighted by Gasteiger charge is -2.34. The topological polar surface area (TPSA) is 35.5 Å². The molecule has 0 aromatic rings. The van der Waals surface area contributed by atoms with Gasteiger partial charge in [0, 0.05) is 23.9 Å². The van der Waals surface area contributed by atoms with E-state index in [0.717, 1.165) is 6.54 Å². The number of hydrogen-bond acceptors (Lipinski definition) is 4. The monoisotopic (exact) mass is 246 g/mol. The van der Waals surface area contributed by atoms with E-state index in [0.29, 0.717) is 17.3 Å². The Kier molecular flexibility index (Phi) is 6.73. The van der Waals surface area contributed by atoms with Gasteiger partial charge < -0.3 is 15.3 Å². The molecule has 0 amide bonds. The zero-order valence-electron chi connectivity index (χ0n) is 10.8. The molecule has 0 radical (unpaired) electrons. The van der Waals surface area contributed by atoms with Crippen LogP contribution in [-0.2, 0) is 0 Å². The Morgan fingerprint density at radius 1 is 1.50 bits per heavy atom. The average Bonchev–Trinajstić information content (AvgIpc) is 2.29. The number of likely N-dealkylation sites (N-methyl/N-ethyl adjacent to an activating group) is 1. The third-order valence-corrected chi connectivity index (χ3v) is 4.80. The van der Waals surface area contributed by atoms with Gasteiger partial charge in [0.2, 0.25) is 0 Å². The Balaban J connectivity index is 2.26. The largest absolute Gasteiger partial charge is 0.395 e. The van der Waals surface area contributed by atoms with Crippen molar-refractivity contribution in [2.45, 2.75) is 43.5 Å². The van der Waals surface area contributed by atoms with Crippen molar-refractivity contribution in [3.05, 3.63) is 0 Å². The maximum absolute atomic E-state index is 9.21. The SMILES string of the molecule is CSC(CO)C(C)NCC1CCCCN1C. The Morgan fingerprint density at radius 2 is 2.25 bits per heavy atom.